The molecule has 0 aliphatic rings. The van der Waals surface area contributed by atoms with Crippen LogP contribution in [0, 0.1) is 5.41 Å². The smallest absolute Gasteiger partial charge is 0.272 e. The predicted molar refractivity (Wildman–Crippen MR) is 105 cm³/mol. The van der Waals surface area contributed by atoms with Gasteiger partial charge in [-0.25, -0.2) is 8.78 Å². The average Bonchev–Trinajstić information content (AvgIpc) is 2.57. The highest BCUT2D eigenvalue weighted by Crippen LogP contribution is 2.36. The lowest BCUT2D eigenvalue weighted by atomic mass is 9.92. The lowest BCUT2D eigenvalue weighted by Crippen LogP contribution is -2.15. The maximum Gasteiger partial charge on any atom is 0.272 e. The summed E-state index contributed by atoms with van der Waals surface area (Å²) in [6.45, 7) is 4.20. The number of benzene rings is 2. The highest BCUT2D eigenvalue weighted by molar-refractivity contribution is 6.33. The van der Waals surface area contributed by atoms with E-state index in [1.54, 1.807) is 69.3 Å². The minimum Gasteiger partial charge on any atom is -0.487 e. The maximum absolute atomic E-state index is 12.6. The van der Waals surface area contributed by atoms with Gasteiger partial charge in [-0.1, -0.05) is 41.9 Å². The zero-order chi connectivity index (χ0) is 20.2. The number of allylic oxidation sites excluding steroid dienone is 1. The highest BCUT2D eigenvalue weighted by Gasteiger charge is 2.20. The van der Waals surface area contributed by atoms with Gasteiger partial charge in [-0.2, -0.15) is 0 Å². The Labute approximate surface area is 162 Å². The van der Waals surface area contributed by atoms with E-state index in [1.165, 1.54) is 0 Å². The molecule has 0 atom stereocenters. The van der Waals surface area contributed by atoms with E-state index in [0.29, 0.717) is 27.3 Å². The third kappa shape index (κ3) is 5.62. The Bertz CT molecular complexity index is 858. The summed E-state index contributed by atoms with van der Waals surface area (Å²) in [5.74, 6) is 0.285. The van der Waals surface area contributed by atoms with Crippen molar-refractivity contribution in [1.29, 1.82) is 5.41 Å². The molecule has 0 aliphatic carbocycles. The second-order valence-corrected chi connectivity index (χ2v) is 7.10. The Morgan fingerprint density at radius 2 is 1.89 bits per heavy atom. The molecule has 0 aliphatic heterocycles. The molecule has 144 valence electrons. The van der Waals surface area contributed by atoms with Crippen LogP contribution in [0.3, 0.4) is 0 Å². The normalized spacial score (nSPS) is 12.4. The van der Waals surface area contributed by atoms with Gasteiger partial charge < -0.3 is 15.3 Å². The van der Waals surface area contributed by atoms with Crippen molar-refractivity contribution in [1.82, 2.24) is 0 Å². The quantitative estimate of drug-likeness (QED) is 0.594. The van der Waals surface area contributed by atoms with Crippen molar-refractivity contribution >= 4 is 22.9 Å². The Balaban J connectivity index is 2.58. The van der Waals surface area contributed by atoms with Gasteiger partial charge in [-0.3, -0.25) is 0 Å². The third-order valence-electron chi connectivity index (χ3n) is 3.87. The summed E-state index contributed by atoms with van der Waals surface area (Å²) < 4.78 is 30.4. The van der Waals surface area contributed by atoms with E-state index in [1.807, 2.05) is 0 Å². The van der Waals surface area contributed by atoms with E-state index in [0.717, 1.165) is 0 Å². The molecule has 6 heteroatoms. The minimum absolute atomic E-state index is 0.274. The van der Waals surface area contributed by atoms with Crippen LogP contribution in [0.2, 0.25) is 5.02 Å². The Morgan fingerprint density at radius 3 is 2.44 bits per heavy atom. The van der Waals surface area contributed by atoms with Gasteiger partial charge in [0, 0.05) is 21.9 Å². The van der Waals surface area contributed by atoms with Gasteiger partial charge in [-0.15, -0.1) is 0 Å². The fraction of sp³-hybridized carbons (Fsp3) is 0.286. The molecule has 0 heterocycles. The number of halogens is 3. The van der Waals surface area contributed by atoms with Gasteiger partial charge >= 0.3 is 0 Å². The monoisotopic (exact) mass is 393 g/mol. The van der Waals surface area contributed by atoms with Crippen molar-refractivity contribution in [2.24, 2.45) is 0 Å². The number of hydrogen-bond acceptors (Lipinski definition) is 3. The van der Waals surface area contributed by atoms with Crippen LogP contribution in [0.4, 0.5) is 8.78 Å². The summed E-state index contributed by atoms with van der Waals surface area (Å²) >= 11 is 6.46. The third-order valence-corrected chi connectivity index (χ3v) is 4.18. The molecule has 0 unspecified atom stereocenters. The summed E-state index contributed by atoms with van der Waals surface area (Å²) in [5.41, 5.74) is 1.62. The number of para-hydroxylation sites is 1. The van der Waals surface area contributed by atoms with Crippen LogP contribution in [0.15, 0.2) is 48.5 Å². The molecular weight excluding hydrogens is 372 g/mol. The molecule has 0 amide bonds. The first kappa shape index (κ1) is 21.1. The van der Waals surface area contributed by atoms with Crippen molar-refractivity contribution in [3.63, 3.8) is 0 Å². The van der Waals surface area contributed by atoms with Crippen molar-refractivity contribution in [2.75, 3.05) is 6.61 Å². The second-order valence-electron chi connectivity index (χ2n) is 6.69. The summed E-state index contributed by atoms with van der Waals surface area (Å²) in [7, 11) is 0. The lowest BCUT2D eigenvalue weighted by molar-refractivity contribution is 0.0786. The van der Waals surface area contributed by atoms with E-state index >= 15 is 0 Å². The molecule has 0 bridgehead atoms. The summed E-state index contributed by atoms with van der Waals surface area (Å²) in [6, 6.07) is 11.9. The molecule has 2 rings (SSSR count). The van der Waals surface area contributed by atoms with Crippen LogP contribution in [0.1, 0.15) is 37.5 Å². The molecule has 2 aromatic rings. The fourth-order valence-corrected chi connectivity index (χ4v) is 2.88. The van der Waals surface area contributed by atoms with Crippen LogP contribution in [-0.2, 0) is 5.60 Å². The Hall–Kier alpha value is -2.24. The first-order valence-electron chi connectivity index (χ1n) is 8.39. The lowest BCUT2D eigenvalue weighted by Gasteiger charge is -2.20. The van der Waals surface area contributed by atoms with Gasteiger partial charge in [-0.05, 0) is 50.1 Å². The number of rotatable bonds is 7. The van der Waals surface area contributed by atoms with E-state index in [-0.39, 0.29) is 11.5 Å². The Morgan fingerprint density at radius 1 is 1.22 bits per heavy atom. The fourth-order valence-electron chi connectivity index (χ4n) is 2.60. The van der Waals surface area contributed by atoms with Gasteiger partial charge in [0.05, 0.1) is 5.60 Å². The van der Waals surface area contributed by atoms with Crippen LogP contribution in [0.5, 0.6) is 5.75 Å². The predicted octanol–water partition coefficient (Wildman–Crippen LogP) is 5.68. The number of ether oxygens (including phenoxy) is 1. The van der Waals surface area contributed by atoms with Crippen molar-refractivity contribution in [2.45, 2.75) is 32.8 Å². The van der Waals surface area contributed by atoms with E-state index < -0.39 is 18.6 Å². The molecule has 0 saturated carbocycles. The molecule has 0 saturated heterocycles. The molecule has 0 spiro atoms. The Kier molecular flexibility index (Phi) is 6.73. The summed E-state index contributed by atoms with van der Waals surface area (Å²) in [4.78, 5) is 0. The second kappa shape index (κ2) is 8.63. The van der Waals surface area contributed by atoms with Crippen molar-refractivity contribution in [3.8, 4) is 5.75 Å². The molecule has 0 aromatic heterocycles. The molecule has 27 heavy (non-hydrogen) atoms. The largest absolute Gasteiger partial charge is 0.487 e. The zero-order valence-corrected chi connectivity index (χ0v) is 16.1. The zero-order valence-electron chi connectivity index (χ0n) is 15.4. The summed E-state index contributed by atoms with van der Waals surface area (Å²) in [5, 5.41) is 18.4. The van der Waals surface area contributed by atoms with E-state index in [2.05, 4.69) is 0 Å². The first-order valence-corrected chi connectivity index (χ1v) is 8.77. The van der Waals surface area contributed by atoms with Gasteiger partial charge in [0.1, 0.15) is 12.4 Å². The highest BCUT2D eigenvalue weighted by atomic mass is 35.5. The van der Waals surface area contributed by atoms with Crippen molar-refractivity contribution < 1.29 is 18.6 Å². The molecule has 0 fully saturated rings. The molecule has 0 radical (unpaired) electrons. The number of alkyl halides is 2. The molecule has 2 aromatic carbocycles. The standard InChI is InChI=1S/C21H22ClF2NO2/c1-13(25)10-17(15-9-8-14(11-18(15)22)21(2,3)26)16-6-4-5-7-19(16)27-12-20(23)24/h4-11,20,25-26H,12H2,1-3H3/b17-10-,25-13?. The summed E-state index contributed by atoms with van der Waals surface area (Å²) in [6.07, 6.45) is -0.986. The number of hydrogen-bond donors (Lipinski definition) is 2. The number of aliphatic hydroxyl groups is 1. The van der Waals surface area contributed by atoms with Crippen LogP contribution < -0.4 is 4.74 Å². The van der Waals surface area contributed by atoms with Gasteiger partial charge in [0.15, 0.2) is 0 Å². The molecule has 3 nitrogen and oxygen atoms in total. The molecule has 2 N–H and O–H groups in total. The average molecular weight is 394 g/mol. The van der Waals surface area contributed by atoms with Crippen molar-refractivity contribution in [3.05, 3.63) is 70.3 Å². The van der Waals surface area contributed by atoms with E-state index in [4.69, 9.17) is 21.7 Å². The van der Waals surface area contributed by atoms with E-state index in [9.17, 15) is 13.9 Å². The van der Waals surface area contributed by atoms with Gasteiger partial charge in [0.2, 0.25) is 0 Å². The van der Waals surface area contributed by atoms with Crippen LogP contribution in [0.25, 0.3) is 5.57 Å². The van der Waals surface area contributed by atoms with Crippen LogP contribution in [-0.4, -0.2) is 23.9 Å². The van der Waals surface area contributed by atoms with Gasteiger partial charge in [0.25, 0.3) is 6.43 Å². The first-order chi connectivity index (χ1) is 12.6. The van der Waals surface area contributed by atoms with Crippen LogP contribution >= 0.6 is 11.6 Å². The topological polar surface area (TPSA) is 53.3 Å². The maximum atomic E-state index is 12.6. The SMILES string of the molecule is CC(=N)/C=C(/c1ccc(C(C)(C)O)cc1Cl)c1ccccc1OCC(F)F. The number of nitrogens with one attached hydrogen (secondary N) is 1. The minimum atomic E-state index is -2.59. The molecular formula is C21H22ClF2NO2.